The van der Waals surface area contributed by atoms with Crippen molar-refractivity contribution >= 4 is 17.1 Å². The van der Waals surface area contributed by atoms with Gasteiger partial charge in [0.1, 0.15) is 5.75 Å². The molecule has 3 rings (SSSR count). The van der Waals surface area contributed by atoms with Gasteiger partial charge in [-0.1, -0.05) is 11.6 Å². The van der Waals surface area contributed by atoms with E-state index in [1.165, 1.54) is 0 Å². The van der Waals surface area contributed by atoms with Crippen molar-refractivity contribution in [2.75, 3.05) is 7.11 Å². The maximum atomic E-state index is 5.94. The predicted octanol–water partition coefficient (Wildman–Crippen LogP) is 3.66. The highest BCUT2D eigenvalue weighted by Crippen LogP contribution is 2.23. The van der Waals surface area contributed by atoms with Crippen molar-refractivity contribution in [3.63, 3.8) is 0 Å². The number of hydrogen-bond acceptors (Lipinski definition) is 2. The van der Waals surface area contributed by atoms with Crippen LogP contribution < -0.4 is 4.74 Å². The zero-order chi connectivity index (χ0) is 12.5. The first-order valence-corrected chi connectivity index (χ1v) is 5.93. The first kappa shape index (κ1) is 11.1. The van der Waals surface area contributed by atoms with Gasteiger partial charge in [-0.25, -0.2) is 4.52 Å². The van der Waals surface area contributed by atoms with E-state index in [0.29, 0.717) is 5.02 Å². The van der Waals surface area contributed by atoms with Gasteiger partial charge in [0.05, 0.1) is 23.3 Å². The highest BCUT2D eigenvalue weighted by molar-refractivity contribution is 6.30. The van der Waals surface area contributed by atoms with Gasteiger partial charge in [-0.2, -0.15) is 5.10 Å². The number of fused-ring (bicyclic) bond motifs is 1. The summed E-state index contributed by atoms with van der Waals surface area (Å²) < 4.78 is 6.92. The largest absolute Gasteiger partial charge is 0.497 e. The number of nitrogens with zero attached hydrogens (tertiary/aromatic N) is 2. The van der Waals surface area contributed by atoms with Gasteiger partial charge in [0.25, 0.3) is 0 Å². The molecule has 0 aliphatic carbocycles. The first-order valence-electron chi connectivity index (χ1n) is 5.55. The zero-order valence-corrected chi connectivity index (χ0v) is 10.6. The van der Waals surface area contributed by atoms with Crippen molar-refractivity contribution in [1.29, 1.82) is 0 Å². The van der Waals surface area contributed by atoms with Crippen LogP contribution in [0.25, 0.3) is 16.8 Å². The van der Waals surface area contributed by atoms with Crippen LogP contribution >= 0.6 is 11.6 Å². The average molecular weight is 259 g/mol. The number of ether oxygens (including phenoxy) is 1. The smallest absolute Gasteiger partial charge is 0.118 e. The third kappa shape index (κ3) is 1.93. The van der Waals surface area contributed by atoms with Crippen molar-refractivity contribution in [3.05, 3.63) is 53.7 Å². The number of pyridine rings is 1. The second kappa shape index (κ2) is 4.35. The Morgan fingerprint density at radius 3 is 2.61 bits per heavy atom. The molecule has 0 saturated heterocycles. The van der Waals surface area contributed by atoms with Crippen LogP contribution in [-0.4, -0.2) is 16.7 Å². The third-order valence-electron chi connectivity index (χ3n) is 2.81. The second-order valence-corrected chi connectivity index (χ2v) is 4.41. The van der Waals surface area contributed by atoms with Crippen molar-refractivity contribution < 1.29 is 4.74 Å². The van der Waals surface area contributed by atoms with E-state index in [2.05, 4.69) is 5.10 Å². The molecule has 0 fully saturated rings. The molecule has 0 amide bonds. The molecule has 1 aromatic carbocycles. The number of methoxy groups -OCH3 is 1. The second-order valence-electron chi connectivity index (χ2n) is 3.97. The molecule has 3 aromatic rings. The SMILES string of the molecule is COc1ccc(-c2cc3ccc(Cl)cn3n2)cc1. The van der Waals surface area contributed by atoms with E-state index >= 15 is 0 Å². The molecule has 3 nitrogen and oxygen atoms in total. The normalized spacial score (nSPS) is 10.8. The molecule has 90 valence electrons. The van der Waals surface area contributed by atoms with Gasteiger partial charge in [-0.05, 0) is 42.5 Å². The molecule has 0 atom stereocenters. The highest BCUT2D eigenvalue weighted by Gasteiger charge is 2.04. The Hall–Kier alpha value is -2.00. The molecular formula is C14H11ClN2O. The maximum absolute atomic E-state index is 5.94. The Bertz CT molecular complexity index is 689. The maximum Gasteiger partial charge on any atom is 0.118 e. The summed E-state index contributed by atoms with van der Waals surface area (Å²) in [5.74, 6) is 0.838. The van der Waals surface area contributed by atoms with Gasteiger partial charge in [-0.15, -0.1) is 0 Å². The minimum Gasteiger partial charge on any atom is -0.497 e. The first-order chi connectivity index (χ1) is 8.76. The fourth-order valence-electron chi connectivity index (χ4n) is 1.86. The molecule has 4 heteroatoms. The fourth-order valence-corrected chi connectivity index (χ4v) is 2.02. The van der Waals surface area contributed by atoms with E-state index in [0.717, 1.165) is 22.5 Å². The number of aromatic nitrogens is 2. The molecule has 0 spiro atoms. The van der Waals surface area contributed by atoms with E-state index in [1.54, 1.807) is 17.8 Å². The molecule has 0 unspecified atom stereocenters. The number of halogens is 1. The quantitative estimate of drug-likeness (QED) is 0.701. The van der Waals surface area contributed by atoms with Gasteiger partial charge in [0.15, 0.2) is 0 Å². The molecular weight excluding hydrogens is 248 g/mol. The molecule has 0 bridgehead atoms. The minimum atomic E-state index is 0.673. The molecule has 0 aliphatic rings. The lowest BCUT2D eigenvalue weighted by Gasteiger charge is -2.00. The Morgan fingerprint density at radius 2 is 1.89 bits per heavy atom. The summed E-state index contributed by atoms with van der Waals surface area (Å²) in [4.78, 5) is 0. The Balaban J connectivity index is 2.07. The summed E-state index contributed by atoms with van der Waals surface area (Å²) >= 11 is 5.94. The van der Waals surface area contributed by atoms with E-state index in [1.807, 2.05) is 42.5 Å². The van der Waals surface area contributed by atoms with Crippen molar-refractivity contribution in [2.45, 2.75) is 0 Å². The van der Waals surface area contributed by atoms with Crippen molar-refractivity contribution in [1.82, 2.24) is 9.61 Å². The molecule has 18 heavy (non-hydrogen) atoms. The van der Waals surface area contributed by atoms with Crippen molar-refractivity contribution in [2.24, 2.45) is 0 Å². The van der Waals surface area contributed by atoms with E-state index < -0.39 is 0 Å². The average Bonchev–Trinajstić information content (AvgIpc) is 2.81. The van der Waals surface area contributed by atoms with Gasteiger partial charge in [-0.3, -0.25) is 0 Å². The fraction of sp³-hybridized carbons (Fsp3) is 0.0714. The molecule has 0 aliphatic heterocycles. The Morgan fingerprint density at radius 1 is 1.11 bits per heavy atom. The lowest BCUT2D eigenvalue weighted by molar-refractivity contribution is 0.415. The number of hydrogen-bond donors (Lipinski definition) is 0. The van der Waals surface area contributed by atoms with Crippen molar-refractivity contribution in [3.8, 4) is 17.0 Å². The lowest BCUT2D eigenvalue weighted by Crippen LogP contribution is -1.86. The van der Waals surface area contributed by atoms with Gasteiger partial charge < -0.3 is 4.74 Å². The van der Waals surface area contributed by atoms with Gasteiger partial charge >= 0.3 is 0 Å². The molecule has 0 radical (unpaired) electrons. The van der Waals surface area contributed by atoms with Gasteiger partial charge in [0.2, 0.25) is 0 Å². The van der Waals surface area contributed by atoms with Crippen LogP contribution in [0.15, 0.2) is 48.7 Å². The molecule has 0 saturated carbocycles. The molecule has 0 N–H and O–H groups in total. The Labute approximate surface area is 110 Å². The summed E-state index contributed by atoms with van der Waals surface area (Å²) in [7, 11) is 1.65. The summed E-state index contributed by atoms with van der Waals surface area (Å²) in [5.41, 5.74) is 2.99. The molecule has 2 heterocycles. The summed E-state index contributed by atoms with van der Waals surface area (Å²) in [6, 6.07) is 13.7. The standard InChI is InChI=1S/C14H11ClN2O/c1-18-13-6-2-10(3-7-13)14-8-12-5-4-11(15)9-17(12)16-14/h2-9H,1H3. The van der Waals surface area contributed by atoms with Gasteiger partial charge in [0, 0.05) is 11.8 Å². The van der Waals surface area contributed by atoms with E-state index in [4.69, 9.17) is 16.3 Å². The van der Waals surface area contributed by atoms with Crippen LogP contribution in [0.3, 0.4) is 0 Å². The van der Waals surface area contributed by atoms with Crippen LogP contribution in [0.2, 0.25) is 5.02 Å². The molecule has 2 aromatic heterocycles. The summed E-state index contributed by atoms with van der Waals surface area (Å²) in [6.45, 7) is 0. The highest BCUT2D eigenvalue weighted by atomic mass is 35.5. The van der Waals surface area contributed by atoms with Crippen LogP contribution in [0, 0.1) is 0 Å². The lowest BCUT2D eigenvalue weighted by atomic mass is 10.1. The Kier molecular flexibility index (Phi) is 2.68. The van der Waals surface area contributed by atoms with Crippen LogP contribution in [0.4, 0.5) is 0 Å². The number of benzene rings is 1. The van der Waals surface area contributed by atoms with E-state index in [-0.39, 0.29) is 0 Å². The van der Waals surface area contributed by atoms with Crippen LogP contribution in [0.5, 0.6) is 5.75 Å². The predicted molar refractivity (Wildman–Crippen MR) is 72.2 cm³/mol. The minimum absolute atomic E-state index is 0.673. The van der Waals surface area contributed by atoms with Crippen LogP contribution in [0.1, 0.15) is 0 Å². The monoisotopic (exact) mass is 258 g/mol. The topological polar surface area (TPSA) is 26.5 Å². The van der Waals surface area contributed by atoms with E-state index in [9.17, 15) is 0 Å². The summed E-state index contributed by atoms with van der Waals surface area (Å²) in [5, 5.41) is 5.16. The number of rotatable bonds is 2. The summed E-state index contributed by atoms with van der Waals surface area (Å²) in [6.07, 6.45) is 1.80. The zero-order valence-electron chi connectivity index (χ0n) is 9.80. The van der Waals surface area contributed by atoms with Crippen LogP contribution in [-0.2, 0) is 0 Å². The third-order valence-corrected chi connectivity index (χ3v) is 3.03.